The summed E-state index contributed by atoms with van der Waals surface area (Å²) >= 11 is 0. The highest BCUT2D eigenvalue weighted by Gasteiger charge is 2.49. The van der Waals surface area contributed by atoms with Crippen molar-refractivity contribution < 1.29 is 14.4 Å². The van der Waals surface area contributed by atoms with E-state index in [9.17, 15) is 14.4 Å². The van der Waals surface area contributed by atoms with Crippen molar-refractivity contribution in [1.82, 2.24) is 25.1 Å². The summed E-state index contributed by atoms with van der Waals surface area (Å²) in [7, 11) is 0. The number of nitrogens with zero attached hydrogens (tertiary/aromatic N) is 5. The van der Waals surface area contributed by atoms with Gasteiger partial charge in [0, 0.05) is 37.9 Å². The van der Waals surface area contributed by atoms with Crippen molar-refractivity contribution >= 4 is 23.7 Å². The van der Waals surface area contributed by atoms with Crippen LogP contribution in [0.25, 0.3) is 0 Å². The fourth-order valence-corrected chi connectivity index (χ4v) is 4.20. The third kappa shape index (κ3) is 4.02. The zero-order valence-corrected chi connectivity index (χ0v) is 18.9. The van der Waals surface area contributed by atoms with Gasteiger partial charge in [-0.2, -0.15) is 0 Å². The van der Waals surface area contributed by atoms with Crippen LogP contribution in [0.15, 0.2) is 30.3 Å². The number of amides is 4. The second kappa shape index (κ2) is 8.22. The molecule has 2 fully saturated rings. The van der Waals surface area contributed by atoms with E-state index in [0.29, 0.717) is 37.6 Å². The van der Waals surface area contributed by atoms with Gasteiger partial charge in [-0.1, -0.05) is 29.8 Å². The molecule has 0 bridgehead atoms. The van der Waals surface area contributed by atoms with Crippen molar-refractivity contribution in [3.63, 3.8) is 0 Å². The molecule has 168 valence electrons. The SMILES string of the molecule is Cc1ccc(C2(C)NC(=O)N(CC(=O)N3CCN(c4cc(C)nc(C)n4)CC3)C2=O)cc1. The van der Waals surface area contributed by atoms with Crippen LogP contribution in [0.2, 0.25) is 0 Å². The number of urea groups is 1. The molecular weight excluding hydrogens is 408 g/mol. The maximum Gasteiger partial charge on any atom is 0.325 e. The molecule has 0 saturated carbocycles. The van der Waals surface area contributed by atoms with Crippen molar-refractivity contribution in [2.45, 2.75) is 33.2 Å². The predicted molar refractivity (Wildman–Crippen MR) is 119 cm³/mol. The summed E-state index contributed by atoms with van der Waals surface area (Å²) < 4.78 is 0. The van der Waals surface area contributed by atoms with Crippen LogP contribution in [0.1, 0.15) is 29.6 Å². The summed E-state index contributed by atoms with van der Waals surface area (Å²) in [5.74, 6) is 0.917. The zero-order valence-electron chi connectivity index (χ0n) is 18.9. The number of aromatic nitrogens is 2. The molecule has 9 nitrogen and oxygen atoms in total. The van der Waals surface area contributed by atoms with Gasteiger partial charge in [-0.15, -0.1) is 0 Å². The lowest BCUT2D eigenvalue weighted by atomic mass is 9.91. The van der Waals surface area contributed by atoms with Crippen molar-refractivity contribution in [2.24, 2.45) is 0 Å². The van der Waals surface area contributed by atoms with Gasteiger partial charge in [-0.05, 0) is 33.3 Å². The summed E-state index contributed by atoms with van der Waals surface area (Å²) in [5.41, 5.74) is 1.49. The molecule has 4 rings (SSSR count). The first kappa shape index (κ1) is 21.7. The predicted octanol–water partition coefficient (Wildman–Crippen LogP) is 1.52. The molecule has 1 atom stereocenters. The van der Waals surface area contributed by atoms with Gasteiger partial charge in [0.1, 0.15) is 23.7 Å². The summed E-state index contributed by atoms with van der Waals surface area (Å²) in [6.45, 7) is 9.41. The normalized spacial score (nSPS) is 21.2. The van der Waals surface area contributed by atoms with Gasteiger partial charge in [-0.3, -0.25) is 14.5 Å². The number of hydrogen-bond acceptors (Lipinski definition) is 6. The lowest BCUT2D eigenvalue weighted by molar-refractivity contribution is -0.139. The molecular formula is C23H28N6O3. The molecule has 32 heavy (non-hydrogen) atoms. The first-order chi connectivity index (χ1) is 15.2. The molecule has 2 aliphatic rings. The van der Waals surface area contributed by atoms with Gasteiger partial charge < -0.3 is 15.1 Å². The fraction of sp³-hybridized carbons (Fsp3) is 0.435. The van der Waals surface area contributed by atoms with Crippen LogP contribution in [-0.2, 0) is 15.1 Å². The topological polar surface area (TPSA) is 98.7 Å². The Bertz CT molecular complexity index is 1040. The van der Waals surface area contributed by atoms with E-state index in [1.165, 1.54) is 0 Å². The third-order valence-electron chi connectivity index (χ3n) is 6.11. The van der Waals surface area contributed by atoms with E-state index in [1.54, 1.807) is 11.8 Å². The first-order valence-corrected chi connectivity index (χ1v) is 10.7. The number of aryl methyl sites for hydroxylation is 3. The van der Waals surface area contributed by atoms with E-state index in [0.717, 1.165) is 22.0 Å². The number of imide groups is 1. The molecule has 0 aliphatic carbocycles. The molecule has 9 heteroatoms. The van der Waals surface area contributed by atoms with Crippen LogP contribution >= 0.6 is 0 Å². The Morgan fingerprint density at radius 2 is 1.69 bits per heavy atom. The fourth-order valence-electron chi connectivity index (χ4n) is 4.20. The summed E-state index contributed by atoms with van der Waals surface area (Å²) in [6, 6.07) is 8.84. The minimum Gasteiger partial charge on any atom is -0.353 e. The van der Waals surface area contributed by atoms with Gasteiger partial charge in [-0.25, -0.2) is 14.8 Å². The Morgan fingerprint density at radius 1 is 1.03 bits per heavy atom. The standard InChI is InChI=1S/C23H28N6O3/c1-15-5-7-18(8-6-15)23(4)21(31)29(22(32)26-23)14-20(30)28-11-9-27(10-12-28)19-13-16(2)24-17(3)25-19/h5-8,13H,9-12,14H2,1-4H3,(H,26,32). The largest absolute Gasteiger partial charge is 0.353 e. The highest BCUT2D eigenvalue weighted by Crippen LogP contribution is 2.29. The Labute approximate surface area is 187 Å². The average Bonchev–Trinajstić information content (AvgIpc) is 2.97. The van der Waals surface area contributed by atoms with Crippen LogP contribution < -0.4 is 10.2 Å². The van der Waals surface area contributed by atoms with Crippen LogP contribution in [0.5, 0.6) is 0 Å². The molecule has 3 heterocycles. The maximum absolute atomic E-state index is 13.1. The highest BCUT2D eigenvalue weighted by atomic mass is 16.2. The molecule has 1 N–H and O–H groups in total. The van der Waals surface area contributed by atoms with Crippen LogP contribution in [0.3, 0.4) is 0 Å². The van der Waals surface area contributed by atoms with Crippen molar-refractivity contribution in [1.29, 1.82) is 0 Å². The highest BCUT2D eigenvalue weighted by molar-refractivity contribution is 6.09. The molecule has 2 aliphatic heterocycles. The average molecular weight is 437 g/mol. The quantitative estimate of drug-likeness (QED) is 0.730. The minimum absolute atomic E-state index is 0.239. The molecule has 1 aromatic heterocycles. The summed E-state index contributed by atoms with van der Waals surface area (Å²) in [6.07, 6.45) is 0. The van der Waals surface area contributed by atoms with Gasteiger partial charge in [0.25, 0.3) is 5.91 Å². The van der Waals surface area contributed by atoms with Gasteiger partial charge in [0.05, 0.1) is 0 Å². The Morgan fingerprint density at radius 3 is 2.31 bits per heavy atom. The van der Waals surface area contributed by atoms with Crippen LogP contribution in [-0.4, -0.2) is 70.3 Å². The van der Waals surface area contributed by atoms with Gasteiger partial charge in [0.2, 0.25) is 5.91 Å². The Hall–Kier alpha value is -3.49. The number of carbonyl (C=O) groups is 3. The monoisotopic (exact) mass is 436 g/mol. The molecule has 0 spiro atoms. The third-order valence-corrected chi connectivity index (χ3v) is 6.11. The second-order valence-electron chi connectivity index (χ2n) is 8.60. The molecule has 4 amide bonds. The van der Waals surface area contributed by atoms with Crippen molar-refractivity contribution in [3.05, 3.63) is 53.0 Å². The van der Waals surface area contributed by atoms with Crippen molar-refractivity contribution in [3.8, 4) is 0 Å². The zero-order chi connectivity index (χ0) is 23.0. The molecule has 1 aromatic carbocycles. The molecule has 2 aromatic rings. The first-order valence-electron chi connectivity index (χ1n) is 10.7. The Balaban J connectivity index is 1.39. The number of hydrogen-bond donors (Lipinski definition) is 1. The number of rotatable bonds is 4. The minimum atomic E-state index is -1.17. The number of piperazine rings is 1. The van der Waals surface area contributed by atoms with E-state index < -0.39 is 17.5 Å². The molecule has 0 radical (unpaired) electrons. The number of nitrogens with one attached hydrogen (secondary N) is 1. The molecule has 2 saturated heterocycles. The maximum atomic E-state index is 13.1. The molecule has 1 unspecified atom stereocenters. The van der Waals surface area contributed by atoms with Gasteiger partial charge in [0.15, 0.2) is 0 Å². The summed E-state index contributed by atoms with van der Waals surface area (Å²) in [5, 5.41) is 2.76. The van der Waals surface area contributed by atoms with E-state index in [2.05, 4.69) is 20.2 Å². The lowest BCUT2D eigenvalue weighted by Gasteiger charge is -2.36. The van der Waals surface area contributed by atoms with Crippen molar-refractivity contribution in [2.75, 3.05) is 37.6 Å². The van der Waals surface area contributed by atoms with Gasteiger partial charge >= 0.3 is 6.03 Å². The number of anilines is 1. The smallest absolute Gasteiger partial charge is 0.325 e. The lowest BCUT2D eigenvalue weighted by Crippen LogP contribution is -2.52. The second-order valence-corrected chi connectivity index (χ2v) is 8.60. The summed E-state index contributed by atoms with van der Waals surface area (Å²) in [4.78, 5) is 52.2. The van der Waals surface area contributed by atoms with E-state index in [-0.39, 0.29) is 12.5 Å². The van der Waals surface area contributed by atoms with Crippen LogP contribution in [0.4, 0.5) is 10.6 Å². The number of carbonyl (C=O) groups excluding carboxylic acids is 3. The number of benzene rings is 1. The Kier molecular flexibility index (Phi) is 5.58. The van der Waals surface area contributed by atoms with E-state index in [1.807, 2.05) is 51.1 Å². The van der Waals surface area contributed by atoms with E-state index in [4.69, 9.17) is 0 Å². The van der Waals surface area contributed by atoms with E-state index >= 15 is 0 Å². The van der Waals surface area contributed by atoms with Crippen LogP contribution in [0, 0.1) is 20.8 Å².